The van der Waals surface area contributed by atoms with Gasteiger partial charge in [0.15, 0.2) is 5.16 Å². The average Bonchev–Trinajstić information content (AvgIpc) is 2.44. The van der Waals surface area contributed by atoms with E-state index in [-0.39, 0.29) is 6.54 Å². The molecule has 13 heavy (non-hydrogen) atoms. The Balaban J connectivity index is 2.50. The van der Waals surface area contributed by atoms with E-state index in [1.807, 2.05) is 0 Å². The van der Waals surface area contributed by atoms with E-state index in [4.69, 9.17) is 11.5 Å². The molecule has 1 unspecified atom stereocenters. The highest BCUT2D eigenvalue weighted by molar-refractivity contribution is 7.99. The lowest BCUT2D eigenvalue weighted by atomic mass is 10.4. The van der Waals surface area contributed by atoms with Gasteiger partial charge in [0.05, 0.1) is 6.10 Å². The zero-order valence-electron chi connectivity index (χ0n) is 7.34. The van der Waals surface area contributed by atoms with Gasteiger partial charge in [-0.15, -0.1) is 10.2 Å². The van der Waals surface area contributed by atoms with Crippen LogP contribution in [0.1, 0.15) is 0 Å². The lowest BCUT2D eigenvalue weighted by Crippen LogP contribution is -2.22. The standard InChI is InChI=1S/C6H13N5OS/c1-11-5(8)9-10-6(11)13-3-4(12)2-7/h4,12H,2-3,7H2,1H3,(H2,8,9). The highest BCUT2D eigenvalue weighted by atomic mass is 32.2. The molecule has 7 heteroatoms. The quantitative estimate of drug-likeness (QED) is 0.532. The van der Waals surface area contributed by atoms with E-state index < -0.39 is 6.10 Å². The summed E-state index contributed by atoms with van der Waals surface area (Å²) in [5, 5.41) is 17.4. The molecule has 0 radical (unpaired) electrons. The minimum absolute atomic E-state index is 0.250. The first-order chi connectivity index (χ1) is 6.15. The number of hydrogen-bond acceptors (Lipinski definition) is 6. The highest BCUT2D eigenvalue weighted by Gasteiger charge is 2.08. The van der Waals surface area contributed by atoms with Crippen molar-refractivity contribution >= 4 is 17.7 Å². The summed E-state index contributed by atoms with van der Waals surface area (Å²) in [4.78, 5) is 0. The van der Waals surface area contributed by atoms with Gasteiger partial charge in [0.1, 0.15) is 0 Å². The summed E-state index contributed by atoms with van der Waals surface area (Å²) in [6, 6.07) is 0. The van der Waals surface area contributed by atoms with Crippen LogP contribution in [-0.4, -0.2) is 38.3 Å². The minimum atomic E-state index is -0.511. The normalized spacial score (nSPS) is 13.2. The van der Waals surface area contributed by atoms with Crippen molar-refractivity contribution in [1.29, 1.82) is 0 Å². The van der Waals surface area contributed by atoms with E-state index in [0.29, 0.717) is 16.9 Å². The second-order valence-electron chi connectivity index (χ2n) is 2.60. The number of thioether (sulfide) groups is 1. The van der Waals surface area contributed by atoms with Crippen LogP contribution in [0.5, 0.6) is 0 Å². The predicted octanol–water partition coefficient (Wildman–Crippen LogP) is -1.19. The van der Waals surface area contributed by atoms with Gasteiger partial charge < -0.3 is 16.6 Å². The number of nitrogen functional groups attached to an aromatic ring is 1. The number of aliphatic hydroxyl groups excluding tert-OH is 1. The molecule has 1 aromatic rings. The number of aromatic nitrogens is 3. The average molecular weight is 203 g/mol. The first-order valence-electron chi connectivity index (χ1n) is 3.81. The van der Waals surface area contributed by atoms with Crippen molar-refractivity contribution in [3.8, 4) is 0 Å². The first-order valence-corrected chi connectivity index (χ1v) is 4.79. The van der Waals surface area contributed by atoms with Gasteiger partial charge in [-0.1, -0.05) is 11.8 Å². The monoisotopic (exact) mass is 203 g/mol. The van der Waals surface area contributed by atoms with E-state index in [0.717, 1.165) is 0 Å². The molecule has 1 rings (SSSR count). The molecule has 0 amide bonds. The van der Waals surface area contributed by atoms with Gasteiger partial charge in [-0.05, 0) is 0 Å². The Morgan fingerprint density at radius 3 is 2.77 bits per heavy atom. The molecule has 0 bridgehead atoms. The third-order valence-corrected chi connectivity index (χ3v) is 2.71. The third-order valence-electron chi connectivity index (χ3n) is 1.55. The Morgan fingerprint density at radius 1 is 1.62 bits per heavy atom. The number of nitrogens with zero attached hydrogens (tertiary/aromatic N) is 3. The topological polar surface area (TPSA) is 103 Å². The fourth-order valence-electron chi connectivity index (χ4n) is 0.691. The Bertz CT molecular complexity index is 276. The zero-order valence-corrected chi connectivity index (χ0v) is 8.16. The van der Waals surface area contributed by atoms with Gasteiger partial charge in [0, 0.05) is 19.3 Å². The van der Waals surface area contributed by atoms with Crippen molar-refractivity contribution in [2.75, 3.05) is 18.0 Å². The molecule has 74 valence electrons. The molecule has 0 fully saturated rings. The maximum Gasteiger partial charge on any atom is 0.222 e. The lowest BCUT2D eigenvalue weighted by molar-refractivity contribution is 0.208. The lowest BCUT2D eigenvalue weighted by Gasteiger charge is -2.05. The molecule has 6 nitrogen and oxygen atoms in total. The SMILES string of the molecule is Cn1c(N)nnc1SCC(O)CN. The Labute approximate surface area is 80.3 Å². The Hall–Kier alpha value is -0.790. The molecule has 0 spiro atoms. The molecule has 0 saturated heterocycles. The molecule has 5 N–H and O–H groups in total. The molecule has 1 aromatic heterocycles. The van der Waals surface area contributed by atoms with Crippen LogP contribution in [-0.2, 0) is 7.05 Å². The summed E-state index contributed by atoms with van der Waals surface area (Å²) in [5.41, 5.74) is 10.7. The maximum atomic E-state index is 9.18. The molecular weight excluding hydrogens is 190 g/mol. The third kappa shape index (κ3) is 2.58. The van der Waals surface area contributed by atoms with Crippen LogP contribution in [0.4, 0.5) is 5.95 Å². The predicted molar refractivity (Wildman–Crippen MR) is 51.2 cm³/mol. The van der Waals surface area contributed by atoms with Crippen molar-refractivity contribution in [1.82, 2.24) is 14.8 Å². The van der Waals surface area contributed by atoms with Crippen molar-refractivity contribution in [2.45, 2.75) is 11.3 Å². The summed E-state index contributed by atoms with van der Waals surface area (Å²) in [5.74, 6) is 0.868. The number of rotatable bonds is 4. The second kappa shape index (κ2) is 4.45. The number of aliphatic hydroxyl groups is 1. The van der Waals surface area contributed by atoms with Gasteiger partial charge in [0.25, 0.3) is 0 Å². The highest BCUT2D eigenvalue weighted by Crippen LogP contribution is 2.16. The van der Waals surface area contributed by atoms with Crippen LogP contribution in [0.2, 0.25) is 0 Å². The molecule has 0 aliphatic carbocycles. The molecule has 0 saturated carbocycles. The van der Waals surface area contributed by atoms with Crippen molar-refractivity contribution in [3.05, 3.63) is 0 Å². The van der Waals surface area contributed by atoms with Gasteiger partial charge in [-0.2, -0.15) is 0 Å². The summed E-state index contributed by atoms with van der Waals surface area (Å²) >= 11 is 1.38. The van der Waals surface area contributed by atoms with E-state index in [9.17, 15) is 5.11 Å². The van der Waals surface area contributed by atoms with E-state index in [1.54, 1.807) is 11.6 Å². The van der Waals surface area contributed by atoms with Crippen LogP contribution in [0.25, 0.3) is 0 Å². The fraction of sp³-hybridized carbons (Fsp3) is 0.667. The van der Waals surface area contributed by atoms with Crippen LogP contribution in [0, 0.1) is 0 Å². The molecule has 1 heterocycles. The number of hydrogen-bond donors (Lipinski definition) is 3. The van der Waals surface area contributed by atoms with E-state index >= 15 is 0 Å². The van der Waals surface area contributed by atoms with Gasteiger partial charge >= 0.3 is 0 Å². The van der Waals surface area contributed by atoms with Crippen LogP contribution < -0.4 is 11.5 Å². The summed E-state index contributed by atoms with van der Waals surface area (Å²) < 4.78 is 1.66. The molecule has 0 aliphatic heterocycles. The zero-order chi connectivity index (χ0) is 9.84. The number of nitrogens with two attached hydrogens (primary N) is 2. The van der Waals surface area contributed by atoms with E-state index in [1.165, 1.54) is 11.8 Å². The number of anilines is 1. The molecule has 0 aliphatic rings. The fourth-order valence-corrected chi connectivity index (χ4v) is 1.55. The van der Waals surface area contributed by atoms with Crippen LogP contribution >= 0.6 is 11.8 Å². The van der Waals surface area contributed by atoms with Gasteiger partial charge in [0.2, 0.25) is 5.95 Å². The summed E-state index contributed by atoms with van der Waals surface area (Å²) in [7, 11) is 1.77. The summed E-state index contributed by atoms with van der Waals surface area (Å²) in [6.45, 7) is 0.250. The summed E-state index contributed by atoms with van der Waals surface area (Å²) in [6.07, 6.45) is -0.511. The van der Waals surface area contributed by atoms with Crippen LogP contribution in [0.3, 0.4) is 0 Å². The molecular formula is C6H13N5OS. The second-order valence-corrected chi connectivity index (χ2v) is 3.59. The molecule has 1 atom stereocenters. The van der Waals surface area contributed by atoms with Crippen molar-refractivity contribution in [2.24, 2.45) is 12.8 Å². The Morgan fingerprint density at radius 2 is 2.31 bits per heavy atom. The van der Waals surface area contributed by atoms with Crippen molar-refractivity contribution < 1.29 is 5.11 Å². The van der Waals surface area contributed by atoms with Crippen LogP contribution in [0.15, 0.2) is 5.16 Å². The van der Waals surface area contributed by atoms with Gasteiger partial charge in [-0.3, -0.25) is 4.57 Å². The largest absolute Gasteiger partial charge is 0.391 e. The van der Waals surface area contributed by atoms with Gasteiger partial charge in [-0.25, -0.2) is 0 Å². The minimum Gasteiger partial charge on any atom is -0.391 e. The Kier molecular flexibility index (Phi) is 3.52. The molecule has 0 aromatic carbocycles. The maximum absolute atomic E-state index is 9.18. The van der Waals surface area contributed by atoms with Crippen molar-refractivity contribution in [3.63, 3.8) is 0 Å². The first kappa shape index (κ1) is 10.3. The smallest absolute Gasteiger partial charge is 0.222 e. The van der Waals surface area contributed by atoms with E-state index in [2.05, 4.69) is 10.2 Å².